The van der Waals surface area contributed by atoms with Crippen molar-refractivity contribution < 1.29 is 14.7 Å². The van der Waals surface area contributed by atoms with Gasteiger partial charge in [0.1, 0.15) is 6.54 Å². The van der Waals surface area contributed by atoms with Crippen molar-refractivity contribution >= 4 is 23.3 Å². The van der Waals surface area contributed by atoms with Crippen LogP contribution in [0.25, 0.3) is 0 Å². The number of nitrogens with zero attached hydrogens (tertiary/aromatic N) is 1. The quantitative estimate of drug-likeness (QED) is 0.755. The van der Waals surface area contributed by atoms with Crippen LogP contribution in [-0.2, 0) is 9.59 Å². The monoisotopic (exact) mass is 250 g/mol. The van der Waals surface area contributed by atoms with Gasteiger partial charge in [0.15, 0.2) is 0 Å². The Morgan fingerprint density at radius 3 is 2.56 bits per heavy atom. The summed E-state index contributed by atoms with van der Waals surface area (Å²) < 4.78 is 0. The lowest BCUT2D eigenvalue weighted by Gasteiger charge is -2.22. The molecular formula is C13H18N2O3. The fourth-order valence-corrected chi connectivity index (χ4v) is 1.64. The van der Waals surface area contributed by atoms with E-state index in [2.05, 4.69) is 0 Å². The van der Waals surface area contributed by atoms with Gasteiger partial charge < -0.3 is 10.8 Å². The van der Waals surface area contributed by atoms with Crippen LogP contribution in [0, 0.1) is 0 Å². The minimum atomic E-state index is -1.05. The van der Waals surface area contributed by atoms with E-state index in [-0.39, 0.29) is 12.5 Å². The van der Waals surface area contributed by atoms with Gasteiger partial charge in [-0.05, 0) is 18.6 Å². The number of amides is 1. The topological polar surface area (TPSA) is 83.6 Å². The number of carboxylic acids is 1. The fraction of sp³-hybridized carbons (Fsp3) is 0.385. The number of carbonyl (C=O) groups excluding carboxylic acids is 1. The maximum absolute atomic E-state index is 12.0. The van der Waals surface area contributed by atoms with E-state index in [1.165, 1.54) is 4.90 Å². The standard InChI is InChI=1S/C13H18N2O3/c1-2-3-8-12(16)15(9-13(17)18)11-7-5-4-6-10(11)14/h4-7H,2-3,8-9,14H2,1H3,(H,17,18). The highest BCUT2D eigenvalue weighted by atomic mass is 16.4. The number of para-hydroxylation sites is 2. The third-order valence-corrected chi connectivity index (χ3v) is 2.57. The number of nitrogen functional groups attached to an aromatic ring is 1. The maximum atomic E-state index is 12.0. The molecule has 0 radical (unpaired) electrons. The summed E-state index contributed by atoms with van der Waals surface area (Å²) in [6, 6.07) is 6.78. The summed E-state index contributed by atoms with van der Waals surface area (Å²) in [5.41, 5.74) is 6.64. The average Bonchev–Trinajstić information content (AvgIpc) is 2.34. The van der Waals surface area contributed by atoms with Gasteiger partial charge >= 0.3 is 5.97 Å². The van der Waals surface area contributed by atoms with E-state index < -0.39 is 5.97 Å². The van der Waals surface area contributed by atoms with Gasteiger partial charge in [0, 0.05) is 6.42 Å². The highest BCUT2D eigenvalue weighted by Crippen LogP contribution is 2.23. The summed E-state index contributed by atoms with van der Waals surface area (Å²) in [5.74, 6) is -1.26. The first kappa shape index (κ1) is 14.0. The molecule has 0 aliphatic rings. The van der Waals surface area contributed by atoms with E-state index >= 15 is 0 Å². The summed E-state index contributed by atoms with van der Waals surface area (Å²) in [4.78, 5) is 24.1. The molecule has 0 bridgehead atoms. The summed E-state index contributed by atoms with van der Waals surface area (Å²) >= 11 is 0. The number of nitrogens with two attached hydrogens (primary N) is 1. The van der Waals surface area contributed by atoms with Crippen molar-refractivity contribution in [2.24, 2.45) is 0 Å². The van der Waals surface area contributed by atoms with E-state index in [1.807, 2.05) is 6.92 Å². The first-order valence-electron chi connectivity index (χ1n) is 5.93. The normalized spacial score (nSPS) is 10.1. The van der Waals surface area contributed by atoms with Crippen LogP contribution in [0.15, 0.2) is 24.3 Å². The van der Waals surface area contributed by atoms with Gasteiger partial charge in [-0.25, -0.2) is 0 Å². The molecule has 98 valence electrons. The SMILES string of the molecule is CCCCC(=O)N(CC(=O)O)c1ccccc1N. The fourth-order valence-electron chi connectivity index (χ4n) is 1.64. The molecule has 0 fully saturated rings. The van der Waals surface area contributed by atoms with Crippen molar-refractivity contribution in [1.29, 1.82) is 0 Å². The number of rotatable bonds is 6. The van der Waals surface area contributed by atoms with E-state index in [1.54, 1.807) is 24.3 Å². The lowest BCUT2D eigenvalue weighted by atomic mass is 10.2. The summed E-state index contributed by atoms with van der Waals surface area (Å²) in [6.45, 7) is 1.61. The molecule has 0 aliphatic carbocycles. The second-order valence-electron chi connectivity index (χ2n) is 4.04. The zero-order chi connectivity index (χ0) is 13.5. The Kier molecular flexibility index (Phi) is 5.17. The molecule has 0 saturated heterocycles. The molecule has 0 saturated carbocycles. The second kappa shape index (κ2) is 6.64. The van der Waals surface area contributed by atoms with Gasteiger partial charge in [-0.3, -0.25) is 14.5 Å². The highest BCUT2D eigenvalue weighted by Gasteiger charge is 2.19. The molecule has 1 aromatic carbocycles. The van der Waals surface area contributed by atoms with Crippen LogP contribution >= 0.6 is 0 Å². The van der Waals surface area contributed by atoms with Crippen LogP contribution in [0.3, 0.4) is 0 Å². The van der Waals surface area contributed by atoms with Crippen molar-refractivity contribution in [3.8, 4) is 0 Å². The van der Waals surface area contributed by atoms with Crippen LogP contribution in [0.5, 0.6) is 0 Å². The minimum Gasteiger partial charge on any atom is -0.480 e. The minimum absolute atomic E-state index is 0.211. The molecule has 3 N–H and O–H groups in total. The lowest BCUT2D eigenvalue weighted by Crippen LogP contribution is -2.36. The molecule has 18 heavy (non-hydrogen) atoms. The van der Waals surface area contributed by atoms with Crippen molar-refractivity contribution in [2.75, 3.05) is 17.2 Å². The molecule has 0 atom stereocenters. The summed E-state index contributed by atoms with van der Waals surface area (Å²) in [7, 11) is 0. The molecular weight excluding hydrogens is 232 g/mol. The van der Waals surface area contributed by atoms with Gasteiger partial charge in [-0.2, -0.15) is 0 Å². The zero-order valence-corrected chi connectivity index (χ0v) is 10.4. The highest BCUT2D eigenvalue weighted by molar-refractivity contribution is 5.99. The largest absolute Gasteiger partial charge is 0.480 e. The summed E-state index contributed by atoms with van der Waals surface area (Å²) in [6.07, 6.45) is 1.96. The first-order chi connectivity index (χ1) is 8.56. The average molecular weight is 250 g/mol. The zero-order valence-electron chi connectivity index (χ0n) is 10.4. The molecule has 1 aromatic rings. The third kappa shape index (κ3) is 3.76. The van der Waals surface area contributed by atoms with Gasteiger partial charge in [0.2, 0.25) is 5.91 Å². The maximum Gasteiger partial charge on any atom is 0.323 e. The molecule has 1 amide bonds. The lowest BCUT2D eigenvalue weighted by molar-refractivity contribution is -0.136. The van der Waals surface area contributed by atoms with Gasteiger partial charge in [0.25, 0.3) is 0 Å². The van der Waals surface area contributed by atoms with Crippen LogP contribution in [0.2, 0.25) is 0 Å². The molecule has 0 aliphatic heterocycles. The Hall–Kier alpha value is -2.04. The number of aliphatic carboxylic acids is 1. The Morgan fingerprint density at radius 1 is 1.33 bits per heavy atom. The number of carbonyl (C=O) groups is 2. The number of hydrogen-bond donors (Lipinski definition) is 2. The van der Waals surface area contributed by atoms with Gasteiger partial charge in [-0.15, -0.1) is 0 Å². The predicted octanol–water partition coefficient (Wildman–Crippen LogP) is 1.88. The Balaban J connectivity index is 2.94. The molecule has 5 heteroatoms. The Labute approximate surface area is 106 Å². The van der Waals surface area contributed by atoms with Crippen LogP contribution in [-0.4, -0.2) is 23.5 Å². The molecule has 5 nitrogen and oxygen atoms in total. The Morgan fingerprint density at radius 2 is 2.00 bits per heavy atom. The van der Waals surface area contributed by atoms with E-state index in [4.69, 9.17) is 10.8 Å². The van der Waals surface area contributed by atoms with Crippen molar-refractivity contribution in [2.45, 2.75) is 26.2 Å². The number of unbranched alkanes of at least 4 members (excludes halogenated alkanes) is 1. The predicted molar refractivity (Wildman–Crippen MR) is 70.4 cm³/mol. The van der Waals surface area contributed by atoms with Crippen LogP contribution < -0.4 is 10.6 Å². The first-order valence-corrected chi connectivity index (χ1v) is 5.93. The molecule has 0 heterocycles. The van der Waals surface area contributed by atoms with E-state index in [9.17, 15) is 9.59 Å². The Bertz CT molecular complexity index is 432. The number of benzene rings is 1. The van der Waals surface area contributed by atoms with Gasteiger partial charge in [-0.1, -0.05) is 25.5 Å². The summed E-state index contributed by atoms with van der Waals surface area (Å²) in [5, 5.41) is 8.88. The number of hydrogen-bond acceptors (Lipinski definition) is 3. The number of anilines is 2. The van der Waals surface area contributed by atoms with Gasteiger partial charge in [0.05, 0.1) is 11.4 Å². The van der Waals surface area contributed by atoms with Crippen LogP contribution in [0.4, 0.5) is 11.4 Å². The molecule has 0 spiro atoms. The van der Waals surface area contributed by atoms with E-state index in [0.29, 0.717) is 17.8 Å². The van der Waals surface area contributed by atoms with Crippen molar-refractivity contribution in [1.82, 2.24) is 0 Å². The molecule has 0 unspecified atom stereocenters. The van der Waals surface area contributed by atoms with E-state index in [0.717, 1.165) is 12.8 Å². The smallest absolute Gasteiger partial charge is 0.323 e. The number of carboxylic acid groups (broad SMARTS) is 1. The molecule has 1 rings (SSSR count). The second-order valence-corrected chi connectivity index (χ2v) is 4.04. The van der Waals surface area contributed by atoms with Crippen molar-refractivity contribution in [3.05, 3.63) is 24.3 Å². The van der Waals surface area contributed by atoms with Crippen LogP contribution in [0.1, 0.15) is 26.2 Å². The third-order valence-electron chi connectivity index (χ3n) is 2.57. The molecule has 0 aromatic heterocycles. The van der Waals surface area contributed by atoms with Crippen molar-refractivity contribution in [3.63, 3.8) is 0 Å².